The largest absolute Gasteiger partial charge is 0.455 e. The molecule has 1 aromatic heterocycles. The van der Waals surface area contributed by atoms with Crippen molar-refractivity contribution in [2.45, 2.75) is 45.4 Å². The summed E-state index contributed by atoms with van der Waals surface area (Å²) < 4.78 is 19.3. The third-order valence-corrected chi connectivity index (χ3v) is 5.92. The number of aryl methyl sites for hydroxylation is 1. The first kappa shape index (κ1) is 24.4. The van der Waals surface area contributed by atoms with Gasteiger partial charge in [-0.25, -0.2) is 4.39 Å². The van der Waals surface area contributed by atoms with Crippen molar-refractivity contribution in [3.05, 3.63) is 131 Å². The quantitative estimate of drug-likeness (QED) is 0.277. The molecule has 1 N–H and O–H groups in total. The molecule has 0 spiro atoms. The lowest BCUT2D eigenvalue weighted by molar-refractivity contribution is 0.0906. The van der Waals surface area contributed by atoms with E-state index in [0.717, 1.165) is 18.4 Å². The van der Waals surface area contributed by atoms with Crippen molar-refractivity contribution < 1.29 is 13.6 Å². The molecule has 0 saturated heterocycles. The average Bonchev–Trinajstić information content (AvgIpc) is 3.34. The summed E-state index contributed by atoms with van der Waals surface area (Å²) in [5, 5.41) is 3.04. The number of amides is 1. The molecule has 0 fully saturated rings. The van der Waals surface area contributed by atoms with Crippen LogP contribution in [-0.2, 0) is 26.1 Å². The van der Waals surface area contributed by atoms with E-state index < -0.39 is 0 Å². The Bertz CT molecular complexity index is 1190. The summed E-state index contributed by atoms with van der Waals surface area (Å²) >= 11 is 0. The van der Waals surface area contributed by atoms with Gasteiger partial charge < -0.3 is 9.73 Å². The van der Waals surface area contributed by atoms with Crippen molar-refractivity contribution in [2.75, 3.05) is 0 Å². The van der Waals surface area contributed by atoms with Crippen LogP contribution in [0.1, 0.15) is 46.3 Å². The molecule has 4 aromatic rings. The molecule has 180 valence electrons. The summed E-state index contributed by atoms with van der Waals surface area (Å²) in [4.78, 5) is 14.9. The number of nitrogens with zero attached hydrogens (tertiary/aromatic N) is 1. The lowest BCUT2D eigenvalue weighted by Crippen LogP contribution is -2.32. The first-order valence-electron chi connectivity index (χ1n) is 12.0. The minimum Gasteiger partial charge on any atom is -0.455 e. The van der Waals surface area contributed by atoms with Crippen molar-refractivity contribution >= 4 is 5.91 Å². The summed E-state index contributed by atoms with van der Waals surface area (Å²) in [5.74, 6) is 0.575. The Morgan fingerprint density at radius 2 is 1.40 bits per heavy atom. The van der Waals surface area contributed by atoms with Gasteiger partial charge in [-0.1, -0.05) is 72.8 Å². The van der Waals surface area contributed by atoms with Gasteiger partial charge in [-0.05, 0) is 60.7 Å². The van der Waals surface area contributed by atoms with E-state index >= 15 is 0 Å². The predicted octanol–water partition coefficient (Wildman–Crippen LogP) is 6.37. The van der Waals surface area contributed by atoms with Crippen molar-refractivity contribution in [3.8, 4) is 0 Å². The van der Waals surface area contributed by atoms with Gasteiger partial charge in [0.2, 0.25) is 0 Å². The van der Waals surface area contributed by atoms with Crippen molar-refractivity contribution in [2.24, 2.45) is 0 Å². The molecule has 0 saturated carbocycles. The normalized spacial score (nSPS) is 12.0. The highest BCUT2D eigenvalue weighted by atomic mass is 19.1. The number of halogens is 1. The topological polar surface area (TPSA) is 45.5 Å². The molecule has 0 aliphatic rings. The highest BCUT2D eigenvalue weighted by molar-refractivity contribution is 5.91. The molecule has 1 unspecified atom stereocenters. The average molecular weight is 471 g/mol. The van der Waals surface area contributed by atoms with E-state index in [0.29, 0.717) is 31.2 Å². The van der Waals surface area contributed by atoms with Gasteiger partial charge in [-0.15, -0.1) is 0 Å². The summed E-state index contributed by atoms with van der Waals surface area (Å²) in [7, 11) is 0. The summed E-state index contributed by atoms with van der Waals surface area (Å²) in [5.41, 5.74) is 3.44. The van der Waals surface area contributed by atoms with E-state index in [4.69, 9.17) is 4.42 Å². The summed E-state index contributed by atoms with van der Waals surface area (Å²) in [6, 6.07) is 30.6. The van der Waals surface area contributed by atoms with Crippen LogP contribution in [0.25, 0.3) is 0 Å². The van der Waals surface area contributed by atoms with Crippen LogP contribution >= 0.6 is 0 Å². The fourth-order valence-corrected chi connectivity index (χ4v) is 4.06. The number of benzene rings is 3. The second-order valence-electron chi connectivity index (χ2n) is 8.92. The van der Waals surface area contributed by atoms with E-state index in [9.17, 15) is 9.18 Å². The molecule has 0 aliphatic heterocycles. The number of furan rings is 1. The lowest BCUT2D eigenvalue weighted by atomic mass is 10.1. The fraction of sp³-hybridized carbons (Fsp3) is 0.233. The van der Waals surface area contributed by atoms with Crippen LogP contribution in [0.3, 0.4) is 0 Å². The molecule has 0 aliphatic carbocycles. The first-order valence-corrected chi connectivity index (χ1v) is 12.0. The van der Waals surface area contributed by atoms with Crippen LogP contribution in [0, 0.1) is 5.82 Å². The standard InChI is InChI=1S/C30H31FN2O2/c1-23(12-13-24-8-4-2-5-9-24)32-30(34)29-19-18-28(35-29)22-33(20-25-10-6-3-7-11-25)21-26-14-16-27(31)17-15-26/h2-11,14-19,23H,12-13,20-22H2,1H3,(H,32,34). The molecule has 1 heterocycles. The van der Waals surface area contributed by atoms with Gasteiger partial charge in [-0.3, -0.25) is 9.69 Å². The molecule has 4 rings (SSSR count). The lowest BCUT2D eigenvalue weighted by Gasteiger charge is -2.21. The highest BCUT2D eigenvalue weighted by Crippen LogP contribution is 2.17. The molecule has 4 nitrogen and oxygen atoms in total. The van der Waals surface area contributed by atoms with Gasteiger partial charge in [0.1, 0.15) is 11.6 Å². The van der Waals surface area contributed by atoms with E-state index in [1.807, 2.05) is 49.4 Å². The second-order valence-corrected chi connectivity index (χ2v) is 8.92. The fourth-order valence-electron chi connectivity index (χ4n) is 4.06. The Morgan fingerprint density at radius 3 is 2.06 bits per heavy atom. The van der Waals surface area contributed by atoms with E-state index in [1.54, 1.807) is 18.2 Å². The predicted molar refractivity (Wildman–Crippen MR) is 136 cm³/mol. The minimum atomic E-state index is -0.247. The number of carbonyl (C=O) groups is 1. The molecular weight excluding hydrogens is 439 g/mol. The summed E-state index contributed by atoms with van der Waals surface area (Å²) in [6.45, 7) is 3.88. The maximum absolute atomic E-state index is 13.4. The van der Waals surface area contributed by atoms with Gasteiger partial charge in [0, 0.05) is 19.1 Å². The zero-order valence-corrected chi connectivity index (χ0v) is 20.0. The van der Waals surface area contributed by atoms with Crippen molar-refractivity contribution in [3.63, 3.8) is 0 Å². The van der Waals surface area contributed by atoms with E-state index in [2.05, 4.69) is 34.5 Å². The number of carbonyl (C=O) groups excluding carboxylic acids is 1. The van der Waals surface area contributed by atoms with Gasteiger partial charge in [0.05, 0.1) is 6.54 Å². The number of hydrogen-bond donors (Lipinski definition) is 1. The minimum absolute atomic E-state index is 0.0318. The second kappa shape index (κ2) is 12.1. The molecule has 0 radical (unpaired) electrons. The first-order chi connectivity index (χ1) is 17.0. The summed E-state index contributed by atoms with van der Waals surface area (Å²) in [6.07, 6.45) is 1.76. The van der Waals surface area contributed by atoms with E-state index in [-0.39, 0.29) is 17.8 Å². The number of rotatable bonds is 11. The SMILES string of the molecule is CC(CCc1ccccc1)NC(=O)c1ccc(CN(Cc2ccccc2)Cc2ccc(F)cc2)o1. The van der Waals surface area contributed by atoms with E-state index in [1.165, 1.54) is 23.3 Å². The van der Waals surface area contributed by atoms with Crippen LogP contribution in [0.2, 0.25) is 0 Å². The molecule has 1 atom stereocenters. The maximum Gasteiger partial charge on any atom is 0.287 e. The van der Waals surface area contributed by atoms with Crippen LogP contribution in [0.15, 0.2) is 101 Å². The highest BCUT2D eigenvalue weighted by Gasteiger charge is 2.16. The molecule has 1 amide bonds. The maximum atomic E-state index is 13.4. The molecule has 5 heteroatoms. The zero-order chi connectivity index (χ0) is 24.5. The van der Waals surface area contributed by atoms with Crippen LogP contribution in [-0.4, -0.2) is 16.8 Å². The Kier molecular flexibility index (Phi) is 8.47. The third-order valence-electron chi connectivity index (χ3n) is 5.92. The van der Waals surface area contributed by atoms with Crippen molar-refractivity contribution in [1.82, 2.24) is 10.2 Å². The molecule has 3 aromatic carbocycles. The van der Waals surface area contributed by atoms with Crippen molar-refractivity contribution in [1.29, 1.82) is 0 Å². The van der Waals surface area contributed by atoms with Crippen LogP contribution in [0.5, 0.6) is 0 Å². The Labute approximate surface area is 206 Å². The monoisotopic (exact) mass is 470 g/mol. The molecular formula is C30H31FN2O2. The third kappa shape index (κ3) is 7.66. The Hall–Kier alpha value is -3.70. The van der Waals surface area contributed by atoms with Crippen LogP contribution < -0.4 is 5.32 Å². The Morgan fingerprint density at radius 1 is 0.800 bits per heavy atom. The Balaban J connectivity index is 1.37. The van der Waals surface area contributed by atoms with Gasteiger partial charge >= 0.3 is 0 Å². The molecule has 35 heavy (non-hydrogen) atoms. The van der Waals surface area contributed by atoms with Crippen LogP contribution in [0.4, 0.5) is 4.39 Å². The van der Waals surface area contributed by atoms with Gasteiger partial charge in [-0.2, -0.15) is 0 Å². The zero-order valence-electron chi connectivity index (χ0n) is 20.0. The van der Waals surface area contributed by atoms with Gasteiger partial charge in [0.25, 0.3) is 5.91 Å². The number of hydrogen-bond acceptors (Lipinski definition) is 3. The van der Waals surface area contributed by atoms with Gasteiger partial charge in [0.15, 0.2) is 5.76 Å². The molecule has 0 bridgehead atoms. The smallest absolute Gasteiger partial charge is 0.287 e. The number of nitrogens with one attached hydrogen (secondary N) is 1.